The number of hydrogen-bond acceptors (Lipinski definition) is 6. The number of carbonyl (C=O) groups is 1. The van der Waals surface area contributed by atoms with Gasteiger partial charge in [0.15, 0.2) is 0 Å². The SMILES string of the molecule is COc1ccc(CN2C(=O)c3cccnc3[C@@H]2Nc2cc(Cl)c(OC)cc2OC)cc1. The Bertz CT molecular complexity index is 1100. The largest absolute Gasteiger partial charge is 0.497 e. The van der Waals surface area contributed by atoms with Crippen molar-refractivity contribution < 1.29 is 19.0 Å². The number of hydrogen-bond donors (Lipinski definition) is 1. The third-order valence-electron chi connectivity index (χ3n) is 5.18. The van der Waals surface area contributed by atoms with E-state index in [0.717, 1.165) is 11.3 Å². The average Bonchev–Trinajstić information content (AvgIpc) is 3.06. The molecule has 1 aliphatic heterocycles. The van der Waals surface area contributed by atoms with Crippen LogP contribution in [0.5, 0.6) is 17.2 Å². The standard InChI is InChI=1S/C23H22ClN3O4/c1-29-15-8-6-14(7-9-15)13-27-22(21-16(23(27)28)5-4-10-25-21)26-18-11-17(24)19(30-2)12-20(18)31-3/h4-12,22,26H,13H2,1-3H3/t22-/m1/s1. The van der Waals surface area contributed by atoms with Crippen molar-refractivity contribution in [2.45, 2.75) is 12.7 Å². The van der Waals surface area contributed by atoms with Crippen LogP contribution in [0.3, 0.4) is 0 Å². The second kappa shape index (κ2) is 8.73. The molecule has 0 saturated heterocycles. The van der Waals surface area contributed by atoms with Crippen molar-refractivity contribution in [1.82, 2.24) is 9.88 Å². The molecule has 1 atom stereocenters. The number of ether oxygens (including phenoxy) is 3. The molecule has 4 rings (SSSR count). The highest BCUT2D eigenvalue weighted by Crippen LogP contribution is 2.40. The monoisotopic (exact) mass is 439 g/mol. The van der Waals surface area contributed by atoms with Gasteiger partial charge in [-0.3, -0.25) is 9.78 Å². The van der Waals surface area contributed by atoms with Gasteiger partial charge in [0.05, 0.1) is 43.3 Å². The predicted octanol–water partition coefficient (Wildman–Crippen LogP) is 4.53. The molecule has 0 fully saturated rings. The zero-order valence-electron chi connectivity index (χ0n) is 17.4. The van der Waals surface area contributed by atoms with Crippen molar-refractivity contribution in [3.63, 3.8) is 0 Å². The van der Waals surface area contributed by atoms with Gasteiger partial charge >= 0.3 is 0 Å². The van der Waals surface area contributed by atoms with Gasteiger partial charge in [0.25, 0.3) is 5.91 Å². The van der Waals surface area contributed by atoms with Gasteiger partial charge in [-0.05, 0) is 35.9 Å². The summed E-state index contributed by atoms with van der Waals surface area (Å²) in [6, 6.07) is 14.6. The molecule has 1 amide bonds. The Hall–Kier alpha value is -3.45. The Labute approximate surface area is 185 Å². The molecule has 1 N–H and O–H groups in total. The van der Waals surface area contributed by atoms with Gasteiger partial charge in [-0.25, -0.2) is 0 Å². The number of nitrogens with one attached hydrogen (secondary N) is 1. The molecule has 7 nitrogen and oxygen atoms in total. The van der Waals surface area contributed by atoms with E-state index in [2.05, 4.69) is 10.3 Å². The van der Waals surface area contributed by atoms with Crippen molar-refractivity contribution in [2.75, 3.05) is 26.6 Å². The van der Waals surface area contributed by atoms with E-state index < -0.39 is 6.17 Å². The number of halogens is 1. The minimum atomic E-state index is -0.496. The fraction of sp³-hybridized carbons (Fsp3) is 0.217. The zero-order valence-corrected chi connectivity index (χ0v) is 18.1. The van der Waals surface area contributed by atoms with Crippen LogP contribution >= 0.6 is 11.6 Å². The second-order valence-corrected chi connectivity index (χ2v) is 7.36. The zero-order chi connectivity index (χ0) is 22.0. The molecule has 1 aliphatic rings. The fourth-order valence-electron chi connectivity index (χ4n) is 3.59. The van der Waals surface area contributed by atoms with Crippen molar-refractivity contribution >= 4 is 23.2 Å². The number of rotatable bonds is 7. The van der Waals surface area contributed by atoms with Crippen LogP contribution in [-0.4, -0.2) is 37.1 Å². The van der Waals surface area contributed by atoms with Crippen molar-refractivity contribution in [3.8, 4) is 17.2 Å². The third-order valence-corrected chi connectivity index (χ3v) is 5.47. The Morgan fingerprint density at radius 2 is 1.77 bits per heavy atom. The van der Waals surface area contributed by atoms with Crippen LogP contribution in [0, 0.1) is 0 Å². The number of methoxy groups -OCH3 is 3. The summed E-state index contributed by atoms with van der Waals surface area (Å²) in [5, 5.41) is 3.81. The van der Waals surface area contributed by atoms with Crippen LogP contribution in [0.15, 0.2) is 54.7 Å². The van der Waals surface area contributed by atoms with Crippen molar-refractivity contribution in [2.24, 2.45) is 0 Å². The van der Waals surface area contributed by atoms with E-state index in [1.807, 2.05) is 24.3 Å². The van der Waals surface area contributed by atoms with Crippen molar-refractivity contribution in [1.29, 1.82) is 0 Å². The predicted molar refractivity (Wildman–Crippen MR) is 118 cm³/mol. The van der Waals surface area contributed by atoms with E-state index in [0.29, 0.717) is 40.0 Å². The van der Waals surface area contributed by atoms with Crippen LogP contribution < -0.4 is 19.5 Å². The number of carbonyl (C=O) groups excluding carboxylic acids is 1. The van der Waals surface area contributed by atoms with E-state index in [4.69, 9.17) is 25.8 Å². The Morgan fingerprint density at radius 1 is 1.03 bits per heavy atom. The van der Waals surface area contributed by atoms with Gasteiger partial charge in [0.2, 0.25) is 0 Å². The molecule has 0 bridgehead atoms. The maximum atomic E-state index is 13.2. The smallest absolute Gasteiger partial charge is 0.258 e. The quantitative estimate of drug-likeness (QED) is 0.583. The first-order valence-electron chi connectivity index (χ1n) is 9.62. The van der Waals surface area contributed by atoms with Gasteiger partial charge < -0.3 is 24.4 Å². The third kappa shape index (κ3) is 3.96. The van der Waals surface area contributed by atoms with Crippen LogP contribution in [0.2, 0.25) is 5.02 Å². The lowest BCUT2D eigenvalue weighted by Gasteiger charge is -2.27. The van der Waals surface area contributed by atoms with E-state index in [1.54, 1.807) is 56.7 Å². The fourth-order valence-corrected chi connectivity index (χ4v) is 3.83. The first kappa shape index (κ1) is 20.8. The molecule has 0 aliphatic carbocycles. The van der Waals surface area contributed by atoms with E-state index >= 15 is 0 Å². The number of fused-ring (bicyclic) bond motifs is 1. The lowest BCUT2D eigenvalue weighted by Crippen LogP contribution is -2.32. The second-order valence-electron chi connectivity index (χ2n) is 6.95. The molecule has 0 unspecified atom stereocenters. The minimum absolute atomic E-state index is 0.102. The number of pyridine rings is 1. The van der Waals surface area contributed by atoms with Crippen LogP contribution in [0.25, 0.3) is 0 Å². The molecular weight excluding hydrogens is 418 g/mol. The molecule has 31 heavy (non-hydrogen) atoms. The first-order chi connectivity index (χ1) is 15.0. The summed E-state index contributed by atoms with van der Waals surface area (Å²) in [5.74, 6) is 1.70. The minimum Gasteiger partial charge on any atom is -0.497 e. The average molecular weight is 440 g/mol. The lowest BCUT2D eigenvalue weighted by molar-refractivity contribution is 0.0727. The van der Waals surface area contributed by atoms with Gasteiger partial charge in [0.1, 0.15) is 23.4 Å². The van der Waals surface area contributed by atoms with E-state index in [1.165, 1.54) is 0 Å². The van der Waals surface area contributed by atoms with E-state index in [9.17, 15) is 4.79 Å². The summed E-state index contributed by atoms with van der Waals surface area (Å²) in [6.45, 7) is 0.392. The number of benzene rings is 2. The Kier molecular flexibility index (Phi) is 5.86. The highest BCUT2D eigenvalue weighted by Gasteiger charge is 2.38. The summed E-state index contributed by atoms with van der Waals surface area (Å²) in [7, 11) is 4.73. The maximum absolute atomic E-state index is 13.2. The first-order valence-corrected chi connectivity index (χ1v) is 10.0. The Morgan fingerprint density at radius 3 is 2.45 bits per heavy atom. The summed E-state index contributed by atoms with van der Waals surface area (Å²) in [4.78, 5) is 19.4. The molecule has 0 saturated carbocycles. The molecule has 0 spiro atoms. The molecule has 2 heterocycles. The van der Waals surface area contributed by atoms with Gasteiger partial charge in [0, 0.05) is 18.8 Å². The van der Waals surface area contributed by atoms with Gasteiger partial charge in [-0.1, -0.05) is 23.7 Å². The molecular formula is C23H22ClN3O4. The number of anilines is 1. The molecule has 0 radical (unpaired) electrons. The molecule has 1 aromatic heterocycles. The normalized spacial score (nSPS) is 14.9. The highest BCUT2D eigenvalue weighted by molar-refractivity contribution is 6.32. The Balaban J connectivity index is 1.70. The summed E-state index contributed by atoms with van der Waals surface area (Å²) >= 11 is 6.34. The molecule has 160 valence electrons. The van der Waals surface area contributed by atoms with Crippen LogP contribution in [0.4, 0.5) is 5.69 Å². The van der Waals surface area contributed by atoms with Crippen molar-refractivity contribution in [3.05, 3.63) is 76.6 Å². The topological polar surface area (TPSA) is 72.9 Å². The lowest BCUT2D eigenvalue weighted by atomic mass is 10.2. The van der Waals surface area contributed by atoms with E-state index in [-0.39, 0.29) is 5.91 Å². The summed E-state index contributed by atoms with van der Waals surface area (Å²) < 4.78 is 16.0. The number of nitrogens with zero attached hydrogens (tertiary/aromatic N) is 2. The van der Waals surface area contributed by atoms with Crippen LogP contribution in [0.1, 0.15) is 27.8 Å². The van der Waals surface area contributed by atoms with Crippen LogP contribution in [-0.2, 0) is 6.54 Å². The highest BCUT2D eigenvalue weighted by atomic mass is 35.5. The maximum Gasteiger partial charge on any atom is 0.258 e. The molecule has 8 heteroatoms. The van der Waals surface area contributed by atoms with Gasteiger partial charge in [-0.2, -0.15) is 0 Å². The molecule has 2 aromatic carbocycles. The molecule has 3 aromatic rings. The number of amides is 1. The summed E-state index contributed by atoms with van der Waals surface area (Å²) in [5.41, 5.74) is 2.81. The number of aromatic nitrogens is 1. The van der Waals surface area contributed by atoms with Gasteiger partial charge in [-0.15, -0.1) is 0 Å². The summed E-state index contributed by atoms with van der Waals surface area (Å²) in [6.07, 6.45) is 1.18.